The molecule has 0 bridgehead atoms. The van der Waals surface area contributed by atoms with E-state index in [1.807, 2.05) is 32.9 Å². The van der Waals surface area contributed by atoms with Crippen molar-refractivity contribution in [3.05, 3.63) is 36.0 Å². The summed E-state index contributed by atoms with van der Waals surface area (Å²) in [5.74, 6) is 4.61. The molecule has 0 aromatic heterocycles. The molecule has 4 N–H and O–H groups in total. The van der Waals surface area contributed by atoms with Gasteiger partial charge in [0.2, 0.25) is 11.8 Å². The van der Waals surface area contributed by atoms with Gasteiger partial charge >= 0.3 is 5.97 Å². The minimum atomic E-state index is -0.464. The summed E-state index contributed by atoms with van der Waals surface area (Å²) in [6, 6.07) is -0.102. The Morgan fingerprint density at radius 1 is 1.15 bits per heavy atom. The molecule has 0 saturated carbocycles. The molecule has 8 atom stereocenters. The van der Waals surface area contributed by atoms with Crippen molar-refractivity contribution < 1.29 is 33.3 Å². The summed E-state index contributed by atoms with van der Waals surface area (Å²) in [4.78, 5) is 35.1. The van der Waals surface area contributed by atoms with Crippen molar-refractivity contribution in [2.24, 2.45) is 11.8 Å². The van der Waals surface area contributed by atoms with Gasteiger partial charge in [0.05, 0.1) is 42.5 Å². The third-order valence-corrected chi connectivity index (χ3v) is 7.39. The minimum absolute atomic E-state index is 0.0397. The first-order chi connectivity index (χ1) is 18.3. The van der Waals surface area contributed by atoms with E-state index in [4.69, 9.17) is 24.8 Å². The van der Waals surface area contributed by atoms with Crippen LogP contribution in [0.5, 0.6) is 0 Å². The number of nitrogens with two attached hydrogens (primary N) is 1. The van der Waals surface area contributed by atoms with Crippen LogP contribution < -0.4 is 16.6 Å². The lowest BCUT2D eigenvalue weighted by Gasteiger charge is -2.40. The Labute approximate surface area is 232 Å². The number of rotatable bonds is 11. The van der Waals surface area contributed by atoms with Crippen molar-refractivity contribution in [1.29, 1.82) is 0 Å². The first-order valence-electron chi connectivity index (χ1n) is 13.7. The van der Waals surface area contributed by atoms with E-state index >= 15 is 0 Å². The minimum Gasteiger partial charge on any atom is -0.459 e. The number of carbonyl (C=O) groups is 3. The molecule has 2 heterocycles. The van der Waals surface area contributed by atoms with Gasteiger partial charge in [0.1, 0.15) is 6.10 Å². The Balaban J connectivity index is 1.89. The highest BCUT2D eigenvalue weighted by Crippen LogP contribution is 2.33. The van der Waals surface area contributed by atoms with Crippen molar-refractivity contribution in [1.82, 2.24) is 10.7 Å². The maximum absolute atomic E-state index is 12.3. The Kier molecular flexibility index (Phi) is 12.8. The van der Waals surface area contributed by atoms with Gasteiger partial charge in [-0.25, -0.2) is 5.84 Å². The van der Waals surface area contributed by atoms with Crippen molar-refractivity contribution in [2.75, 3.05) is 7.11 Å². The second-order valence-corrected chi connectivity index (χ2v) is 11.1. The Bertz CT molecular complexity index is 934. The molecule has 39 heavy (non-hydrogen) atoms. The van der Waals surface area contributed by atoms with Crippen LogP contribution in [-0.4, -0.2) is 67.1 Å². The Hall–Kier alpha value is -2.53. The predicted octanol–water partition coefficient (Wildman–Crippen LogP) is 3.02. The van der Waals surface area contributed by atoms with Crippen molar-refractivity contribution in [3.63, 3.8) is 0 Å². The second-order valence-electron chi connectivity index (χ2n) is 11.1. The summed E-state index contributed by atoms with van der Waals surface area (Å²) < 4.78 is 23.1. The van der Waals surface area contributed by atoms with E-state index in [1.165, 1.54) is 13.0 Å². The highest BCUT2D eigenvalue weighted by Gasteiger charge is 2.38. The van der Waals surface area contributed by atoms with Crippen LogP contribution in [0.2, 0.25) is 0 Å². The van der Waals surface area contributed by atoms with Crippen LogP contribution in [0.15, 0.2) is 36.0 Å². The summed E-state index contributed by atoms with van der Waals surface area (Å²) >= 11 is 0. The van der Waals surface area contributed by atoms with Gasteiger partial charge in [0.15, 0.2) is 0 Å². The lowest BCUT2D eigenvalue weighted by Crippen LogP contribution is -2.50. The zero-order chi connectivity index (χ0) is 29.2. The molecule has 7 unspecified atom stereocenters. The molecule has 0 aromatic carbocycles. The lowest BCUT2D eigenvalue weighted by atomic mass is 9.86. The highest BCUT2D eigenvalue weighted by atomic mass is 16.5. The Morgan fingerprint density at radius 2 is 1.87 bits per heavy atom. The van der Waals surface area contributed by atoms with E-state index < -0.39 is 6.10 Å². The smallest absolute Gasteiger partial charge is 0.303 e. The van der Waals surface area contributed by atoms with Crippen LogP contribution in [0.4, 0.5) is 0 Å². The van der Waals surface area contributed by atoms with E-state index in [0.29, 0.717) is 12.8 Å². The van der Waals surface area contributed by atoms with E-state index in [0.717, 1.165) is 18.4 Å². The average Bonchev–Trinajstić information content (AvgIpc) is 2.86. The molecular formula is C29H47N3O7. The van der Waals surface area contributed by atoms with E-state index in [9.17, 15) is 14.4 Å². The van der Waals surface area contributed by atoms with Gasteiger partial charge in [-0.05, 0) is 52.5 Å². The normalized spacial score (nSPS) is 32.7. The van der Waals surface area contributed by atoms with Crippen LogP contribution in [0, 0.1) is 5.92 Å². The molecule has 2 amide bonds. The van der Waals surface area contributed by atoms with Crippen LogP contribution in [0.1, 0.15) is 73.6 Å². The topological polar surface area (TPSA) is 138 Å². The SMILES string of the molecule is COC1(C)CC(/C=C/C(C)=C/CC2OC(C)C(NC(=O)/C=C\C(C)OC(C)=O)CC2C)O[C@H](CC(=O)NN)C1. The van der Waals surface area contributed by atoms with Gasteiger partial charge < -0.3 is 24.3 Å². The maximum atomic E-state index is 12.3. The number of amides is 2. The van der Waals surface area contributed by atoms with E-state index in [-0.39, 0.29) is 66.2 Å². The number of esters is 1. The van der Waals surface area contributed by atoms with Crippen LogP contribution in [0.25, 0.3) is 0 Å². The summed E-state index contributed by atoms with van der Waals surface area (Å²) in [5.41, 5.74) is 2.87. The largest absolute Gasteiger partial charge is 0.459 e. The number of nitrogens with one attached hydrogen (secondary N) is 2. The maximum Gasteiger partial charge on any atom is 0.303 e. The number of hydrogen-bond donors (Lipinski definition) is 3. The number of methoxy groups -OCH3 is 1. The third-order valence-electron chi connectivity index (χ3n) is 7.39. The zero-order valence-corrected chi connectivity index (χ0v) is 24.4. The second kappa shape index (κ2) is 15.3. The number of ether oxygens (including phenoxy) is 4. The molecule has 0 radical (unpaired) electrons. The zero-order valence-electron chi connectivity index (χ0n) is 24.4. The molecule has 10 heteroatoms. The predicted molar refractivity (Wildman–Crippen MR) is 148 cm³/mol. The lowest BCUT2D eigenvalue weighted by molar-refractivity contribution is -0.146. The van der Waals surface area contributed by atoms with Gasteiger partial charge in [-0.3, -0.25) is 19.8 Å². The van der Waals surface area contributed by atoms with Gasteiger partial charge in [0, 0.05) is 33.0 Å². The molecule has 0 aliphatic carbocycles. The fourth-order valence-corrected chi connectivity index (χ4v) is 5.10. The molecule has 2 aliphatic heterocycles. The monoisotopic (exact) mass is 549 g/mol. The van der Waals surface area contributed by atoms with Gasteiger partial charge in [0.25, 0.3) is 0 Å². The Morgan fingerprint density at radius 3 is 2.51 bits per heavy atom. The van der Waals surface area contributed by atoms with Gasteiger partial charge in [-0.2, -0.15) is 0 Å². The molecule has 0 aromatic rings. The summed E-state index contributed by atoms with van der Waals surface area (Å²) in [6.07, 6.45) is 11.2. The summed E-state index contributed by atoms with van der Waals surface area (Å²) in [5, 5.41) is 3.01. The van der Waals surface area contributed by atoms with Crippen LogP contribution in [0.3, 0.4) is 0 Å². The quantitative estimate of drug-likeness (QED) is 0.0893. The average molecular weight is 550 g/mol. The molecule has 2 aliphatic rings. The van der Waals surface area contributed by atoms with Crippen LogP contribution >= 0.6 is 0 Å². The molecule has 10 nitrogen and oxygen atoms in total. The first-order valence-corrected chi connectivity index (χ1v) is 13.7. The highest BCUT2D eigenvalue weighted by molar-refractivity contribution is 5.87. The van der Waals surface area contributed by atoms with E-state index in [1.54, 1.807) is 20.1 Å². The third kappa shape index (κ3) is 11.2. The van der Waals surface area contributed by atoms with Crippen molar-refractivity contribution in [2.45, 2.75) is 116 Å². The van der Waals surface area contributed by atoms with Crippen LogP contribution in [-0.2, 0) is 33.3 Å². The summed E-state index contributed by atoms with van der Waals surface area (Å²) in [7, 11) is 1.68. The standard InChI is InChI=1S/C29H47N3O7/c1-18(8-11-23-16-29(6,36-7)17-24(39-23)15-28(35)32-30)9-12-26-19(2)14-25(21(4)38-26)31-27(34)13-10-20(3)37-22(5)33/h8-11,13,19-21,23-26H,12,14-17,30H2,1-7H3,(H,31,34)(H,32,35)/b11-8+,13-10-,18-9+/t19?,20?,21?,23?,24-,25?,26?,29?/m1/s1. The van der Waals surface area contributed by atoms with E-state index in [2.05, 4.69) is 23.7 Å². The number of hydrazine groups is 1. The molecule has 2 rings (SSSR count). The van der Waals surface area contributed by atoms with Gasteiger partial charge in [-0.15, -0.1) is 0 Å². The number of allylic oxidation sites excluding steroid dienone is 2. The molecular weight excluding hydrogens is 502 g/mol. The number of carbonyl (C=O) groups excluding carboxylic acids is 3. The molecule has 2 saturated heterocycles. The summed E-state index contributed by atoms with van der Waals surface area (Å²) in [6.45, 7) is 11.2. The van der Waals surface area contributed by atoms with Gasteiger partial charge in [-0.1, -0.05) is 30.7 Å². The number of hydrogen-bond acceptors (Lipinski definition) is 8. The fraction of sp³-hybridized carbons (Fsp3) is 0.690. The fourth-order valence-electron chi connectivity index (χ4n) is 5.10. The molecule has 220 valence electrons. The van der Waals surface area contributed by atoms with Crippen molar-refractivity contribution in [3.8, 4) is 0 Å². The van der Waals surface area contributed by atoms with Crippen molar-refractivity contribution >= 4 is 17.8 Å². The molecule has 0 spiro atoms. The molecule has 2 fully saturated rings. The first kappa shape index (κ1) is 32.7.